The fourth-order valence-corrected chi connectivity index (χ4v) is 2.23. The fraction of sp³-hybridized carbons (Fsp3) is 0.562. The van der Waals surface area contributed by atoms with E-state index in [-0.39, 0.29) is 29.0 Å². The zero-order valence-electron chi connectivity index (χ0n) is 12.8. The largest absolute Gasteiger partial charge is 0.508 e. The quantitative estimate of drug-likeness (QED) is 0.775. The van der Waals surface area contributed by atoms with E-state index in [1.807, 2.05) is 13.0 Å². The van der Waals surface area contributed by atoms with Gasteiger partial charge in [0, 0.05) is 6.54 Å². The molecule has 0 radical (unpaired) electrons. The summed E-state index contributed by atoms with van der Waals surface area (Å²) in [7, 11) is 0. The summed E-state index contributed by atoms with van der Waals surface area (Å²) in [6.45, 7) is 8.54. The molecule has 0 aliphatic heterocycles. The second-order valence-corrected chi connectivity index (χ2v) is 6.52. The number of aromatic hydroxyl groups is 1. The molecule has 2 unspecified atom stereocenters. The maximum Gasteiger partial charge on any atom is 0.224 e. The summed E-state index contributed by atoms with van der Waals surface area (Å²) in [5.41, 5.74) is 6.66. The zero-order chi connectivity index (χ0) is 15.3. The van der Waals surface area contributed by atoms with Crippen LogP contribution in [0, 0.1) is 11.3 Å². The molecule has 0 saturated carbocycles. The molecule has 1 aromatic carbocycles. The van der Waals surface area contributed by atoms with Crippen LogP contribution in [-0.4, -0.2) is 17.6 Å². The van der Waals surface area contributed by atoms with Gasteiger partial charge in [-0.15, -0.1) is 0 Å². The number of nitrogens with two attached hydrogens (primary N) is 1. The maximum absolute atomic E-state index is 12.3. The molecule has 0 spiro atoms. The number of phenolic OH excluding ortho intramolecular Hbond substituents is 1. The third-order valence-corrected chi connectivity index (χ3v) is 3.24. The van der Waals surface area contributed by atoms with Crippen molar-refractivity contribution in [2.75, 3.05) is 6.54 Å². The average Bonchev–Trinajstić information content (AvgIpc) is 2.34. The van der Waals surface area contributed by atoms with Crippen molar-refractivity contribution in [1.29, 1.82) is 0 Å². The van der Waals surface area contributed by atoms with Crippen LogP contribution in [0.2, 0.25) is 0 Å². The first-order chi connectivity index (χ1) is 9.23. The predicted octanol–water partition coefficient (Wildman–Crippen LogP) is 2.58. The second-order valence-electron chi connectivity index (χ2n) is 6.52. The number of phenols is 1. The minimum Gasteiger partial charge on any atom is -0.508 e. The number of hydrogen-bond acceptors (Lipinski definition) is 3. The molecule has 0 aliphatic carbocycles. The van der Waals surface area contributed by atoms with E-state index in [9.17, 15) is 9.90 Å². The smallest absolute Gasteiger partial charge is 0.224 e. The molecule has 20 heavy (non-hydrogen) atoms. The van der Waals surface area contributed by atoms with Crippen LogP contribution in [0.3, 0.4) is 0 Å². The van der Waals surface area contributed by atoms with Crippen molar-refractivity contribution in [1.82, 2.24) is 5.32 Å². The number of carbonyl (C=O) groups excluding carboxylic acids is 1. The Kier molecular flexibility index (Phi) is 5.57. The van der Waals surface area contributed by atoms with Gasteiger partial charge in [0.15, 0.2) is 0 Å². The molecule has 4 N–H and O–H groups in total. The first-order valence-electron chi connectivity index (χ1n) is 7.02. The molecule has 1 rings (SSSR count). The Morgan fingerprint density at radius 2 is 2.05 bits per heavy atom. The Morgan fingerprint density at radius 3 is 2.55 bits per heavy atom. The van der Waals surface area contributed by atoms with Gasteiger partial charge in [0.25, 0.3) is 0 Å². The monoisotopic (exact) mass is 278 g/mol. The Bertz CT molecular complexity index is 452. The highest BCUT2D eigenvalue weighted by atomic mass is 16.3. The van der Waals surface area contributed by atoms with Gasteiger partial charge in [0.05, 0.1) is 12.0 Å². The molecule has 4 nitrogen and oxygen atoms in total. The van der Waals surface area contributed by atoms with Gasteiger partial charge >= 0.3 is 0 Å². The van der Waals surface area contributed by atoms with Crippen LogP contribution in [0.5, 0.6) is 5.75 Å². The van der Waals surface area contributed by atoms with Gasteiger partial charge in [-0.25, -0.2) is 0 Å². The van der Waals surface area contributed by atoms with E-state index in [0.29, 0.717) is 6.54 Å². The molecule has 4 heteroatoms. The highest BCUT2D eigenvalue weighted by Crippen LogP contribution is 2.25. The lowest BCUT2D eigenvalue weighted by Gasteiger charge is -2.26. The minimum absolute atomic E-state index is 0.0294. The highest BCUT2D eigenvalue weighted by Gasteiger charge is 2.24. The minimum atomic E-state index is -0.185. The van der Waals surface area contributed by atoms with Crippen molar-refractivity contribution in [3.63, 3.8) is 0 Å². The van der Waals surface area contributed by atoms with Crippen LogP contribution < -0.4 is 11.1 Å². The standard InChI is InChI=1S/C16H26N2O2/c1-11(12-6-5-7-14(19)8-12)18-15(20)13(10-17)9-16(2,3)4/h5-8,11,13,19H,9-10,17H2,1-4H3,(H,18,20). The lowest BCUT2D eigenvalue weighted by molar-refractivity contribution is -0.126. The molecule has 0 aliphatic rings. The Hall–Kier alpha value is -1.55. The van der Waals surface area contributed by atoms with Crippen molar-refractivity contribution >= 4 is 5.91 Å². The molecule has 0 heterocycles. The lowest BCUT2D eigenvalue weighted by atomic mass is 9.84. The van der Waals surface area contributed by atoms with Crippen LogP contribution >= 0.6 is 0 Å². The summed E-state index contributed by atoms with van der Waals surface area (Å²) in [4.78, 5) is 12.3. The molecule has 1 aromatic rings. The van der Waals surface area contributed by atoms with E-state index < -0.39 is 0 Å². The van der Waals surface area contributed by atoms with Crippen LogP contribution in [-0.2, 0) is 4.79 Å². The van der Waals surface area contributed by atoms with E-state index in [2.05, 4.69) is 26.1 Å². The van der Waals surface area contributed by atoms with E-state index in [0.717, 1.165) is 12.0 Å². The molecule has 0 aromatic heterocycles. The average molecular weight is 278 g/mol. The summed E-state index contributed by atoms with van der Waals surface area (Å²) in [6.07, 6.45) is 0.752. The number of benzene rings is 1. The summed E-state index contributed by atoms with van der Waals surface area (Å²) < 4.78 is 0. The lowest BCUT2D eigenvalue weighted by Crippen LogP contribution is -2.38. The van der Waals surface area contributed by atoms with Crippen molar-refractivity contribution in [3.05, 3.63) is 29.8 Å². The Labute approximate surface area is 121 Å². The Balaban J connectivity index is 2.68. The molecule has 2 atom stereocenters. The topological polar surface area (TPSA) is 75.4 Å². The van der Waals surface area contributed by atoms with Gasteiger partial charge in [-0.05, 0) is 36.5 Å². The zero-order valence-corrected chi connectivity index (χ0v) is 12.8. The maximum atomic E-state index is 12.3. The Morgan fingerprint density at radius 1 is 1.40 bits per heavy atom. The SMILES string of the molecule is CC(NC(=O)C(CN)CC(C)(C)C)c1cccc(O)c1. The van der Waals surface area contributed by atoms with Gasteiger partial charge in [0.2, 0.25) is 5.91 Å². The van der Waals surface area contributed by atoms with Crippen molar-refractivity contribution in [3.8, 4) is 5.75 Å². The van der Waals surface area contributed by atoms with Gasteiger partial charge in [-0.2, -0.15) is 0 Å². The number of amides is 1. The first-order valence-corrected chi connectivity index (χ1v) is 7.02. The highest BCUT2D eigenvalue weighted by molar-refractivity contribution is 5.79. The van der Waals surface area contributed by atoms with Gasteiger partial charge in [-0.3, -0.25) is 4.79 Å². The summed E-state index contributed by atoms with van der Waals surface area (Å²) in [5, 5.41) is 12.4. The molecule has 112 valence electrons. The predicted molar refractivity (Wildman–Crippen MR) is 81.3 cm³/mol. The van der Waals surface area contributed by atoms with Gasteiger partial charge < -0.3 is 16.2 Å². The molecular weight excluding hydrogens is 252 g/mol. The van der Waals surface area contributed by atoms with Crippen LogP contribution in [0.25, 0.3) is 0 Å². The normalized spacial score (nSPS) is 14.7. The molecule has 0 fully saturated rings. The second kappa shape index (κ2) is 6.75. The number of nitrogens with one attached hydrogen (secondary N) is 1. The number of carbonyl (C=O) groups is 1. The number of rotatable bonds is 5. The van der Waals surface area contributed by atoms with Gasteiger partial charge in [-0.1, -0.05) is 32.9 Å². The van der Waals surface area contributed by atoms with Crippen LogP contribution in [0.15, 0.2) is 24.3 Å². The van der Waals surface area contributed by atoms with Crippen LogP contribution in [0.1, 0.15) is 45.7 Å². The summed E-state index contributed by atoms with van der Waals surface area (Å²) in [6, 6.07) is 6.77. The van der Waals surface area contributed by atoms with E-state index >= 15 is 0 Å². The summed E-state index contributed by atoms with van der Waals surface area (Å²) >= 11 is 0. The van der Waals surface area contributed by atoms with Gasteiger partial charge in [0.1, 0.15) is 5.75 Å². The molecular formula is C16H26N2O2. The first kappa shape index (κ1) is 16.5. The van der Waals surface area contributed by atoms with E-state index in [4.69, 9.17) is 5.73 Å². The van der Waals surface area contributed by atoms with Crippen molar-refractivity contribution in [2.45, 2.75) is 40.2 Å². The third kappa shape index (κ3) is 5.21. The summed E-state index contributed by atoms with van der Waals surface area (Å²) in [5.74, 6) is -0.0123. The molecule has 1 amide bonds. The van der Waals surface area contributed by atoms with Crippen LogP contribution in [0.4, 0.5) is 0 Å². The molecule has 0 saturated heterocycles. The molecule has 0 bridgehead atoms. The van der Waals surface area contributed by atoms with Crippen molar-refractivity contribution in [2.24, 2.45) is 17.1 Å². The van der Waals surface area contributed by atoms with E-state index in [1.165, 1.54) is 0 Å². The van der Waals surface area contributed by atoms with Crippen molar-refractivity contribution < 1.29 is 9.90 Å². The number of hydrogen-bond donors (Lipinski definition) is 3. The fourth-order valence-electron chi connectivity index (χ4n) is 2.23. The van der Waals surface area contributed by atoms with E-state index in [1.54, 1.807) is 18.2 Å². The third-order valence-electron chi connectivity index (χ3n) is 3.24.